The number of hydrogen-bond donors (Lipinski definition) is 0. The lowest BCUT2D eigenvalue weighted by Crippen LogP contribution is -2.37. The molecule has 1 aromatic carbocycles. The molecule has 0 N–H and O–H groups in total. The van der Waals surface area contributed by atoms with Crippen molar-refractivity contribution in [3.05, 3.63) is 41.9 Å². The molecule has 4 rings (SSSR count). The molecule has 8 heteroatoms. The van der Waals surface area contributed by atoms with Gasteiger partial charge in [-0.05, 0) is 32.9 Å². The molecule has 1 aliphatic heterocycles. The number of aromatic nitrogens is 2. The van der Waals surface area contributed by atoms with Crippen LogP contribution in [0.4, 0.5) is 11.5 Å². The molecule has 1 fully saturated rings. The number of benzene rings is 1. The molecular weight excluding hydrogens is 384 g/mol. The average Bonchev–Trinajstić information content (AvgIpc) is 3.12. The minimum absolute atomic E-state index is 0.162. The normalized spacial score (nSPS) is 14.2. The predicted molar refractivity (Wildman–Crippen MR) is 115 cm³/mol. The van der Waals surface area contributed by atoms with E-state index < -0.39 is 0 Å². The molecule has 1 amide bonds. The first-order valence-corrected chi connectivity index (χ1v) is 10.3. The van der Waals surface area contributed by atoms with Crippen molar-refractivity contribution in [1.82, 2.24) is 9.97 Å². The number of fused-ring (bicyclic) bond motifs is 1. The highest BCUT2D eigenvalue weighted by Crippen LogP contribution is 2.35. The highest BCUT2D eigenvalue weighted by atomic mass is 16.5. The molecule has 0 radical (unpaired) electrons. The molecule has 0 saturated carbocycles. The first-order chi connectivity index (χ1) is 14.7. The van der Waals surface area contributed by atoms with Gasteiger partial charge in [0.15, 0.2) is 0 Å². The summed E-state index contributed by atoms with van der Waals surface area (Å²) in [7, 11) is 0. The fourth-order valence-corrected chi connectivity index (χ4v) is 3.82. The molecule has 30 heavy (non-hydrogen) atoms. The first-order valence-electron chi connectivity index (χ1n) is 10.3. The summed E-state index contributed by atoms with van der Waals surface area (Å²) < 4.78 is 17.1. The third-order valence-electron chi connectivity index (χ3n) is 5.19. The number of rotatable bonds is 6. The van der Waals surface area contributed by atoms with Crippen LogP contribution in [-0.4, -0.2) is 55.3 Å². The van der Waals surface area contributed by atoms with Crippen molar-refractivity contribution >= 4 is 28.5 Å². The second-order valence-electron chi connectivity index (χ2n) is 6.96. The maximum atomic E-state index is 13.8. The van der Waals surface area contributed by atoms with E-state index in [2.05, 4.69) is 14.9 Å². The van der Waals surface area contributed by atoms with E-state index in [1.165, 1.54) is 6.33 Å². The fourth-order valence-electron chi connectivity index (χ4n) is 3.82. The third-order valence-corrected chi connectivity index (χ3v) is 5.19. The fraction of sp³-hybridized carbons (Fsp3) is 0.409. The van der Waals surface area contributed by atoms with Crippen molar-refractivity contribution in [3.8, 4) is 5.75 Å². The highest BCUT2D eigenvalue weighted by molar-refractivity contribution is 6.16. The molecule has 1 saturated heterocycles. The third kappa shape index (κ3) is 3.59. The van der Waals surface area contributed by atoms with Gasteiger partial charge in [-0.3, -0.25) is 4.79 Å². The van der Waals surface area contributed by atoms with Gasteiger partial charge in [-0.15, -0.1) is 0 Å². The number of nitrogens with zero attached hydrogens (tertiary/aromatic N) is 4. The molecule has 0 unspecified atom stereocenters. The van der Waals surface area contributed by atoms with E-state index in [1.54, 1.807) is 11.8 Å². The summed E-state index contributed by atoms with van der Waals surface area (Å²) >= 11 is 0. The summed E-state index contributed by atoms with van der Waals surface area (Å²) in [5.74, 6) is 1.74. The van der Waals surface area contributed by atoms with E-state index in [4.69, 9.17) is 13.9 Å². The lowest BCUT2D eigenvalue weighted by molar-refractivity contribution is 0.0987. The molecular formula is C22H26N4O4. The van der Waals surface area contributed by atoms with Gasteiger partial charge in [0.05, 0.1) is 36.5 Å². The number of morpholine rings is 1. The van der Waals surface area contributed by atoms with E-state index in [0.29, 0.717) is 73.4 Å². The van der Waals surface area contributed by atoms with Crippen LogP contribution in [0.3, 0.4) is 0 Å². The zero-order valence-corrected chi connectivity index (χ0v) is 17.6. The van der Waals surface area contributed by atoms with Crippen LogP contribution in [-0.2, 0) is 4.74 Å². The van der Waals surface area contributed by atoms with Crippen LogP contribution < -0.4 is 14.5 Å². The van der Waals surface area contributed by atoms with Gasteiger partial charge >= 0.3 is 0 Å². The van der Waals surface area contributed by atoms with Gasteiger partial charge in [-0.1, -0.05) is 12.1 Å². The van der Waals surface area contributed by atoms with Crippen molar-refractivity contribution in [1.29, 1.82) is 0 Å². The average molecular weight is 410 g/mol. The number of para-hydroxylation sites is 2. The van der Waals surface area contributed by atoms with Gasteiger partial charge in [-0.25, -0.2) is 9.97 Å². The standard InChI is InChI=1S/C22H26N4O4/c1-4-26(16-8-6-7-9-17(16)29-5-2)22(27)18-15(3)30-21-19(18)20(23-14-24-21)25-10-12-28-13-11-25/h6-9,14H,4-5,10-13H2,1-3H3. The van der Waals surface area contributed by atoms with Crippen molar-refractivity contribution in [2.45, 2.75) is 20.8 Å². The second kappa shape index (κ2) is 8.71. The van der Waals surface area contributed by atoms with Crippen molar-refractivity contribution in [2.24, 2.45) is 0 Å². The number of hydrogen-bond acceptors (Lipinski definition) is 7. The Bertz CT molecular complexity index is 1040. The number of furan rings is 1. The molecule has 0 spiro atoms. The minimum Gasteiger partial charge on any atom is -0.492 e. The molecule has 0 aliphatic carbocycles. The molecule has 2 aromatic heterocycles. The summed E-state index contributed by atoms with van der Waals surface area (Å²) in [6.45, 7) is 9.31. The van der Waals surface area contributed by atoms with Crippen LogP contribution in [0.15, 0.2) is 35.0 Å². The number of carbonyl (C=O) groups is 1. The Morgan fingerprint density at radius 1 is 1.20 bits per heavy atom. The zero-order chi connectivity index (χ0) is 21.1. The summed E-state index contributed by atoms with van der Waals surface area (Å²) in [4.78, 5) is 26.4. The summed E-state index contributed by atoms with van der Waals surface area (Å²) in [5, 5.41) is 0.647. The molecule has 3 aromatic rings. The lowest BCUT2D eigenvalue weighted by atomic mass is 10.1. The van der Waals surface area contributed by atoms with E-state index in [-0.39, 0.29) is 5.91 Å². The molecule has 0 bridgehead atoms. The SMILES string of the molecule is CCOc1ccccc1N(CC)C(=O)c1c(C)oc2ncnc(N3CCOCC3)c12. The van der Waals surface area contributed by atoms with Gasteiger partial charge < -0.3 is 23.7 Å². The molecule has 3 heterocycles. The number of anilines is 2. The summed E-state index contributed by atoms with van der Waals surface area (Å²) in [6.07, 6.45) is 1.48. The second-order valence-corrected chi connectivity index (χ2v) is 6.96. The van der Waals surface area contributed by atoms with Gasteiger partial charge in [-0.2, -0.15) is 0 Å². The van der Waals surface area contributed by atoms with Crippen LogP contribution in [0.25, 0.3) is 11.1 Å². The smallest absolute Gasteiger partial charge is 0.262 e. The van der Waals surface area contributed by atoms with Crippen molar-refractivity contribution in [3.63, 3.8) is 0 Å². The predicted octanol–water partition coefficient (Wildman–Crippen LogP) is 3.43. The van der Waals surface area contributed by atoms with E-state index >= 15 is 0 Å². The Morgan fingerprint density at radius 3 is 2.70 bits per heavy atom. The molecule has 8 nitrogen and oxygen atoms in total. The van der Waals surface area contributed by atoms with Crippen LogP contribution in [0, 0.1) is 6.92 Å². The number of ether oxygens (including phenoxy) is 2. The van der Waals surface area contributed by atoms with Gasteiger partial charge in [0, 0.05) is 19.6 Å². The Labute approximate surface area is 175 Å². The monoisotopic (exact) mass is 410 g/mol. The Morgan fingerprint density at radius 2 is 1.97 bits per heavy atom. The Kier molecular flexibility index (Phi) is 5.85. The van der Waals surface area contributed by atoms with E-state index in [9.17, 15) is 4.79 Å². The Balaban J connectivity index is 1.82. The summed E-state index contributed by atoms with van der Waals surface area (Å²) in [5.41, 5.74) is 1.63. The quantitative estimate of drug-likeness (QED) is 0.616. The number of aryl methyl sites for hydroxylation is 1. The Hall–Kier alpha value is -3.13. The van der Waals surface area contributed by atoms with Gasteiger partial charge in [0.2, 0.25) is 5.71 Å². The maximum absolute atomic E-state index is 13.8. The topological polar surface area (TPSA) is 80.9 Å². The maximum Gasteiger partial charge on any atom is 0.262 e. The minimum atomic E-state index is -0.162. The van der Waals surface area contributed by atoms with E-state index in [0.717, 1.165) is 5.69 Å². The zero-order valence-electron chi connectivity index (χ0n) is 17.6. The van der Waals surface area contributed by atoms with Crippen LogP contribution in [0.5, 0.6) is 5.75 Å². The largest absolute Gasteiger partial charge is 0.492 e. The summed E-state index contributed by atoms with van der Waals surface area (Å²) in [6, 6.07) is 7.56. The molecule has 0 atom stereocenters. The first kappa shape index (κ1) is 20.2. The molecule has 1 aliphatic rings. The van der Waals surface area contributed by atoms with E-state index in [1.807, 2.05) is 38.1 Å². The van der Waals surface area contributed by atoms with Crippen LogP contribution in [0.2, 0.25) is 0 Å². The van der Waals surface area contributed by atoms with Crippen LogP contribution >= 0.6 is 0 Å². The number of carbonyl (C=O) groups excluding carboxylic acids is 1. The van der Waals surface area contributed by atoms with Gasteiger partial charge in [0.25, 0.3) is 5.91 Å². The van der Waals surface area contributed by atoms with Crippen molar-refractivity contribution in [2.75, 3.05) is 49.3 Å². The molecule has 158 valence electrons. The highest BCUT2D eigenvalue weighted by Gasteiger charge is 2.29. The lowest BCUT2D eigenvalue weighted by Gasteiger charge is -2.28. The number of amides is 1. The van der Waals surface area contributed by atoms with Crippen LogP contribution in [0.1, 0.15) is 30.0 Å². The van der Waals surface area contributed by atoms with Crippen molar-refractivity contribution < 1.29 is 18.7 Å². The van der Waals surface area contributed by atoms with Gasteiger partial charge in [0.1, 0.15) is 23.7 Å².